The number of thioether (sulfide) groups is 1. The molecule has 0 aliphatic carbocycles. The van der Waals surface area contributed by atoms with E-state index in [0.717, 1.165) is 16.3 Å². The molecule has 3 aromatic rings. The van der Waals surface area contributed by atoms with E-state index in [-0.39, 0.29) is 12.6 Å². The smallest absolute Gasteiger partial charge is 0.231 e. The first-order chi connectivity index (χ1) is 15.1. The van der Waals surface area contributed by atoms with Crippen LogP contribution in [0.25, 0.3) is 0 Å². The summed E-state index contributed by atoms with van der Waals surface area (Å²) in [6, 6.07) is 20.5. The Balaban J connectivity index is 1.35. The van der Waals surface area contributed by atoms with Gasteiger partial charge in [-0.05, 0) is 60.7 Å². The lowest BCUT2D eigenvalue weighted by Gasteiger charge is -2.13. The minimum Gasteiger partial charge on any atom is -0.495 e. The maximum atomic E-state index is 12.6. The summed E-state index contributed by atoms with van der Waals surface area (Å²) in [5.41, 5.74) is 2.21. The first-order valence-electron chi connectivity index (χ1n) is 9.49. The van der Waals surface area contributed by atoms with Crippen molar-refractivity contribution in [1.82, 2.24) is 0 Å². The number of benzene rings is 3. The predicted octanol–water partition coefficient (Wildman–Crippen LogP) is 5.21. The van der Waals surface area contributed by atoms with Crippen molar-refractivity contribution in [2.75, 3.05) is 30.3 Å². The highest BCUT2D eigenvalue weighted by atomic mass is 32.2. The van der Waals surface area contributed by atoms with Crippen molar-refractivity contribution in [2.24, 2.45) is 0 Å². The van der Waals surface area contributed by atoms with Crippen LogP contribution in [-0.4, -0.2) is 30.6 Å². The molecule has 158 valence electrons. The van der Waals surface area contributed by atoms with Gasteiger partial charge >= 0.3 is 0 Å². The molecule has 0 bridgehead atoms. The number of hydrogen-bond donors (Lipinski definition) is 2. The van der Waals surface area contributed by atoms with Gasteiger partial charge in [-0.3, -0.25) is 4.79 Å². The fraction of sp³-hybridized carbons (Fsp3) is 0.130. The van der Waals surface area contributed by atoms with Gasteiger partial charge in [-0.25, -0.2) is 0 Å². The number of fused-ring (bicyclic) bond motifs is 1. The first-order valence-corrected chi connectivity index (χ1v) is 10.9. The van der Waals surface area contributed by atoms with Gasteiger partial charge in [-0.15, -0.1) is 11.8 Å². The summed E-state index contributed by atoms with van der Waals surface area (Å²) in [4.78, 5) is 13.5. The third-order valence-electron chi connectivity index (χ3n) is 4.51. The number of ether oxygens (including phenoxy) is 3. The highest BCUT2D eigenvalue weighted by molar-refractivity contribution is 8.00. The molecule has 3 aromatic carbocycles. The molecule has 0 saturated heterocycles. The molecule has 1 aliphatic rings. The topological polar surface area (TPSA) is 68.8 Å². The van der Waals surface area contributed by atoms with Crippen molar-refractivity contribution in [3.05, 3.63) is 72.3 Å². The molecule has 1 aliphatic heterocycles. The molecule has 0 spiro atoms. The van der Waals surface area contributed by atoms with Gasteiger partial charge in [0, 0.05) is 16.1 Å². The quantitative estimate of drug-likeness (QED) is 0.288. The van der Waals surface area contributed by atoms with Gasteiger partial charge in [-0.2, -0.15) is 0 Å². The highest BCUT2D eigenvalue weighted by Gasteiger charge is 2.16. The number of carbonyl (C=O) groups excluding carboxylic acids is 1. The number of methoxy groups -OCH3 is 1. The van der Waals surface area contributed by atoms with Crippen molar-refractivity contribution in [3.8, 4) is 17.2 Å². The molecule has 0 radical (unpaired) electrons. The Morgan fingerprint density at radius 3 is 2.74 bits per heavy atom. The van der Waals surface area contributed by atoms with Gasteiger partial charge in [0.1, 0.15) is 5.75 Å². The zero-order valence-corrected chi connectivity index (χ0v) is 18.3. The summed E-state index contributed by atoms with van der Waals surface area (Å²) in [5.74, 6) is 2.32. The van der Waals surface area contributed by atoms with Gasteiger partial charge in [0.2, 0.25) is 6.79 Å². The molecular formula is C23H20N2O4S2. The molecule has 6 nitrogen and oxygen atoms in total. The van der Waals surface area contributed by atoms with E-state index in [1.807, 2.05) is 48.5 Å². The molecule has 1 heterocycles. The van der Waals surface area contributed by atoms with E-state index in [4.69, 9.17) is 26.4 Å². The number of carbonyl (C=O) groups is 1. The minimum absolute atomic E-state index is 0.0232. The van der Waals surface area contributed by atoms with Gasteiger partial charge in [-0.1, -0.05) is 18.2 Å². The Hall–Kier alpha value is -3.23. The molecule has 0 unspecified atom stereocenters. The van der Waals surface area contributed by atoms with Crippen molar-refractivity contribution < 1.29 is 19.0 Å². The maximum absolute atomic E-state index is 12.6. The van der Waals surface area contributed by atoms with Crippen LogP contribution in [0, 0.1) is 0 Å². The number of rotatable bonds is 7. The molecule has 0 atom stereocenters. The molecule has 0 amide bonds. The first kappa shape index (κ1) is 21.0. The van der Waals surface area contributed by atoms with E-state index in [1.54, 1.807) is 25.3 Å². The van der Waals surface area contributed by atoms with E-state index in [9.17, 15) is 4.79 Å². The molecule has 2 N–H and O–H groups in total. The van der Waals surface area contributed by atoms with Crippen LogP contribution in [0.15, 0.2) is 71.6 Å². The summed E-state index contributed by atoms with van der Waals surface area (Å²) < 4.78 is 16.0. The van der Waals surface area contributed by atoms with Crippen LogP contribution in [0.2, 0.25) is 0 Å². The number of ketones is 1. The lowest BCUT2D eigenvalue weighted by atomic mass is 10.1. The van der Waals surface area contributed by atoms with E-state index in [0.29, 0.717) is 33.7 Å². The van der Waals surface area contributed by atoms with Crippen LogP contribution < -0.4 is 24.8 Å². The van der Waals surface area contributed by atoms with Crippen LogP contribution in [-0.2, 0) is 0 Å². The Morgan fingerprint density at radius 2 is 1.87 bits per heavy atom. The fourth-order valence-corrected chi connectivity index (χ4v) is 4.08. The number of nitrogens with one attached hydrogen (secondary N) is 2. The Kier molecular flexibility index (Phi) is 6.59. The Bertz CT molecular complexity index is 1120. The van der Waals surface area contributed by atoms with Gasteiger partial charge < -0.3 is 24.8 Å². The summed E-state index contributed by atoms with van der Waals surface area (Å²) in [6.07, 6.45) is 0. The van der Waals surface area contributed by atoms with Crippen molar-refractivity contribution in [3.63, 3.8) is 0 Å². The Labute approximate surface area is 189 Å². The van der Waals surface area contributed by atoms with Gasteiger partial charge in [0.25, 0.3) is 0 Å². The predicted molar refractivity (Wildman–Crippen MR) is 127 cm³/mol. The van der Waals surface area contributed by atoms with Crippen molar-refractivity contribution >= 4 is 46.3 Å². The highest BCUT2D eigenvalue weighted by Crippen LogP contribution is 2.33. The monoisotopic (exact) mass is 452 g/mol. The summed E-state index contributed by atoms with van der Waals surface area (Å²) in [7, 11) is 1.61. The number of anilines is 2. The fourth-order valence-electron chi connectivity index (χ4n) is 3.00. The molecular weight excluding hydrogens is 432 g/mol. The zero-order chi connectivity index (χ0) is 21.6. The number of Topliss-reactive ketones (excluding diaryl/α,β-unsaturated/α-hetero) is 1. The summed E-state index contributed by atoms with van der Waals surface area (Å²) in [5, 5.41) is 6.75. The molecule has 0 fully saturated rings. The van der Waals surface area contributed by atoms with Crippen LogP contribution in [0.5, 0.6) is 17.2 Å². The number of thiocarbonyl (C=S) groups is 1. The molecule has 31 heavy (non-hydrogen) atoms. The average Bonchev–Trinajstić information content (AvgIpc) is 3.26. The largest absolute Gasteiger partial charge is 0.495 e. The molecule has 0 aromatic heterocycles. The summed E-state index contributed by atoms with van der Waals surface area (Å²) >= 11 is 6.88. The van der Waals surface area contributed by atoms with E-state index in [2.05, 4.69) is 10.6 Å². The normalized spacial score (nSPS) is 11.6. The Morgan fingerprint density at radius 1 is 1.03 bits per heavy atom. The molecule has 0 saturated carbocycles. The van der Waals surface area contributed by atoms with Gasteiger partial charge in [0.05, 0.1) is 18.6 Å². The van der Waals surface area contributed by atoms with Crippen molar-refractivity contribution in [2.45, 2.75) is 4.90 Å². The average molecular weight is 453 g/mol. The second-order valence-electron chi connectivity index (χ2n) is 6.59. The second-order valence-corrected chi connectivity index (χ2v) is 8.04. The second kappa shape index (κ2) is 9.72. The lowest BCUT2D eigenvalue weighted by molar-refractivity contribution is 0.102. The van der Waals surface area contributed by atoms with E-state index < -0.39 is 0 Å². The van der Waals surface area contributed by atoms with Crippen molar-refractivity contribution in [1.29, 1.82) is 0 Å². The van der Waals surface area contributed by atoms with Crippen LogP contribution >= 0.6 is 24.0 Å². The van der Waals surface area contributed by atoms with Crippen LogP contribution in [0.3, 0.4) is 0 Å². The lowest BCUT2D eigenvalue weighted by Crippen LogP contribution is -2.19. The minimum atomic E-state index is 0.0232. The third kappa shape index (κ3) is 5.28. The third-order valence-corrected chi connectivity index (χ3v) is 5.71. The maximum Gasteiger partial charge on any atom is 0.231 e. The summed E-state index contributed by atoms with van der Waals surface area (Å²) in [6.45, 7) is 0.190. The number of hydrogen-bond acceptors (Lipinski definition) is 6. The van der Waals surface area contributed by atoms with E-state index in [1.165, 1.54) is 11.8 Å². The van der Waals surface area contributed by atoms with Crippen LogP contribution in [0.1, 0.15) is 10.4 Å². The standard InChI is InChI=1S/C23H20N2O4S2/c1-27-20-8-3-2-7-18(20)25-23(30)24-16-5-4-6-17(12-16)31-13-19(26)15-9-10-21-22(11-15)29-14-28-21/h2-12H,13-14H2,1H3,(H2,24,25,30). The van der Waals surface area contributed by atoms with Gasteiger partial charge in [0.15, 0.2) is 22.4 Å². The van der Waals surface area contributed by atoms with Crippen LogP contribution in [0.4, 0.5) is 11.4 Å². The molecule has 8 heteroatoms. The SMILES string of the molecule is COc1ccccc1NC(=S)Nc1cccc(SCC(=O)c2ccc3c(c2)OCO3)c1. The zero-order valence-electron chi connectivity index (χ0n) is 16.7. The van der Waals surface area contributed by atoms with E-state index >= 15 is 0 Å². The number of para-hydroxylation sites is 2. The molecule has 4 rings (SSSR count).